The predicted octanol–water partition coefficient (Wildman–Crippen LogP) is 5.08. The summed E-state index contributed by atoms with van der Waals surface area (Å²) in [5.74, 6) is -2.81. The lowest BCUT2D eigenvalue weighted by molar-refractivity contribution is 0.0170. The first-order valence-electron chi connectivity index (χ1n) is 7.98. The van der Waals surface area contributed by atoms with Gasteiger partial charge in [-0.3, -0.25) is 4.98 Å². The minimum absolute atomic E-state index is 0.0257. The Morgan fingerprint density at radius 1 is 1.13 bits per heavy atom. The average Bonchev–Trinajstić information content (AvgIpc) is 2.52. The Balaban J connectivity index is 0.000000313. The maximum atomic E-state index is 13.0. The van der Waals surface area contributed by atoms with Crippen molar-refractivity contribution in [3.63, 3.8) is 0 Å². The molecule has 0 aliphatic rings. The lowest BCUT2D eigenvalue weighted by Crippen LogP contribution is -2.15. The van der Waals surface area contributed by atoms with Crippen LogP contribution < -0.4 is 5.32 Å². The number of pyridine rings is 1. The second-order valence-corrected chi connectivity index (χ2v) is 5.66. The zero-order valence-electron chi connectivity index (χ0n) is 14.2. The fourth-order valence-electron chi connectivity index (χ4n) is 1.89. The molecule has 1 aromatic heterocycles. The van der Waals surface area contributed by atoms with Gasteiger partial charge in [0, 0.05) is 31.4 Å². The van der Waals surface area contributed by atoms with E-state index in [9.17, 15) is 8.78 Å². The Hall–Kier alpha value is -1.81. The number of halogens is 2. The van der Waals surface area contributed by atoms with Crippen LogP contribution in [0, 0.1) is 6.92 Å². The lowest BCUT2D eigenvalue weighted by atomic mass is 10.1. The highest BCUT2D eigenvalue weighted by atomic mass is 19.3. The third-order valence-corrected chi connectivity index (χ3v) is 3.28. The minimum Gasteiger partial charge on any atom is -0.313 e. The molecule has 1 N–H and O–H groups in total. The van der Waals surface area contributed by atoms with Crippen molar-refractivity contribution in [2.45, 2.75) is 46.1 Å². The molecule has 1 heterocycles. The van der Waals surface area contributed by atoms with Gasteiger partial charge in [-0.2, -0.15) is 0 Å². The van der Waals surface area contributed by atoms with Crippen LogP contribution in [0.15, 0.2) is 48.8 Å². The monoisotopic (exact) mass is 320 g/mol. The molecule has 0 atom stereocenters. The second kappa shape index (κ2) is 10.1. The summed E-state index contributed by atoms with van der Waals surface area (Å²) in [6, 6.07) is 11.8. The van der Waals surface area contributed by atoms with Gasteiger partial charge >= 0.3 is 0 Å². The molecular formula is C19H26F2N2. The predicted molar refractivity (Wildman–Crippen MR) is 91.6 cm³/mol. The summed E-state index contributed by atoms with van der Waals surface area (Å²) in [5, 5.41) is 3.20. The molecule has 23 heavy (non-hydrogen) atoms. The number of unbranched alkanes of at least 4 members (excludes halogenated alkanes) is 1. The summed E-state index contributed by atoms with van der Waals surface area (Å²) in [4.78, 5) is 3.83. The molecule has 0 amide bonds. The minimum atomic E-state index is -2.81. The fourth-order valence-corrected chi connectivity index (χ4v) is 1.89. The van der Waals surface area contributed by atoms with E-state index in [-0.39, 0.29) is 5.56 Å². The molecule has 0 aliphatic heterocycles. The number of rotatable bonds is 6. The molecule has 0 saturated heterocycles. The summed E-state index contributed by atoms with van der Waals surface area (Å²) in [7, 11) is 0. The van der Waals surface area contributed by atoms with Gasteiger partial charge in [0.25, 0.3) is 5.92 Å². The molecule has 2 rings (SSSR count). The van der Waals surface area contributed by atoms with Gasteiger partial charge in [-0.1, -0.05) is 49.2 Å². The van der Waals surface area contributed by atoms with Crippen molar-refractivity contribution in [3.05, 3.63) is 65.5 Å². The summed E-state index contributed by atoms with van der Waals surface area (Å²) in [5.41, 5.74) is 2.10. The molecule has 0 bridgehead atoms. The number of benzene rings is 1. The zero-order chi connectivity index (χ0) is 17.1. The van der Waals surface area contributed by atoms with Gasteiger partial charge in [0.2, 0.25) is 0 Å². The van der Waals surface area contributed by atoms with Crippen LogP contribution in [0.4, 0.5) is 8.78 Å². The summed E-state index contributed by atoms with van der Waals surface area (Å²) < 4.78 is 26.0. The van der Waals surface area contributed by atoms with Crippen molar-refractivity contribution >= 4 is 0 Å². The van der Waals surface area contributed by atoms with Gasteiger partial charge in [-0.25, -0.2) is 8.78 Å². The van der Waals surface area contributed by atoms with Crippen molar-refractivity contribution in [3.8, 4) is 0 Å². The van der Waals surface area contributed by atoms with Gasteiger partial charge in [0.15, 0.2) is 0 Å². The largest absolute Gasteiger partial charge is 0.313 e. The number of nitrogens with zero attached hydrogens (tertiary/aromatic N) is 1. The van der Waals surface area contributed by atoms with Gasteiger partial charge in [0.05, 0.1) is 0 Å². The van der Waals surface area contributed by atoms with Gasteiger partial charge in [-0.05, 0) is 31.5 Å². The van der Waals surface area contributed by atoms with Crippen molar-refractivity contribution < 1.29 is 8.78 Å². The third-order valence-electron chi connectivity index (χ3n) is 3.28. The van der Waals surface area contributed by atoms with Crippen LogP contribution in [0.3, 0.4) is 0 Å². The molecule has 126 valence electrons. The van der Waals surface area contributed by atoms with Crippen LogP contribution in [0.5, 0.6) is 0 Å². The van der Waals surface area contributed by atoms with Crippen LogP contribution in [0.1, 0.15) is 43.4 Å². The van der Waals surface area contributed by atoms with E-state index < -0.39 is 5.92 Å². The third kappa shape index (κ3) is 8.41. The summed E-state index contributed by atoms with van der Waals surface area (Å²) in [6.07, 6.45) is 5.05. The molecule has 2 aromatic rings. The zero-order valence-corrected chi connectivity index (χ0v) is 14.2. The van der Waals surface area contributed by atoms with Crippen LogP contribution in [-0.2, 0) is 12.5 Å². The lowest BCUT2D eigenvalue weighted by Gasteiger charge is -2.11. The number of aromatic nitrogens is 1. The van der Waals surface area contributed by atoms with Gasteiger partial charge < -0.3 is 5.32 Å². The van der Waals surface area contributed by atoms with Crippen LogP contribution in [0.25, 0.3) is 0 Å². The van der Waals surface area contributed by atoms with E-state index in [1.54, 1.807) is 6.20 Å². The average molecular weight is 320 g/mol. The molecule has 4 heteroatoms. The van der Waals surface area contributed by atoms with Crippen molar-refractivity contribution in [1.82, 2.24) is 10.3 Å². The Labute approximate surface area is 138 Å². The highest BCUT2D eigenvalue weighted by Crippen LogP contribution is 2.26. The second-order valence-electron chi connectivity index (χ2n) is 5.66. The summed E-state index contributed by atoms with van der Waals surface area (Å²) in [6.45, 7) is 6.58. The van der Waals surface area contributed by atoms with Crippen molar-refractivity contribution in [1.29, 1.82) is 0 Å². The van der Waals surface area contributed by atoms with E-state index in [4.69, 9.17) is 0 Å². The Morgan fingerprint density at radius 3 is 2.35 bits per heavy atom. The Kier molecular flexibility index (Phi) is 8.41. The first-order chi connectivity index (χ1) is 10.9. The van der Waals surface area contributed by atoms with E-state index in [1.807, 2.05) is 18.2 Å². The first kappa shape index (κ1) is 19.2. The number of alkyl halides is 2. The number of aryl methyl sites for hydroxylation is 1. The molecule has 2 nitrogen and oxygen atoms in total. The number of nitrogens with one attached hydrogen (secondary N) is 1. The van der Waals surface area contributed by atoms with Crippen molar-refractivity contribution in [2.75, 3.05) is 6.54 Å². The maximum absolute atomic E-state index is 13.0. The highest BCUT2D eigenvalue weighted by molar-refractivity contribution is 5.21. The Bertz CT molecular complexity index is 551. The van der Waals surface area contributed by atoms with E-state index in [2.05, 4.69) is 36.3 Å². The number of hydrogen-bond acceptors (Lipinski definition) is 2. The molecule has 1 aromatic carbocycles. The smallest absolute Gasteiger partial charge is 0.272 e. The van der Waals surface area contributed by atoms with E-state index >= 15 is 0 Å². The van der Waals surface area contributed by atoms with Crippen LogP contribution in [0.2, 0.25) is 0 Å². The quantitative estimate of drug-likeness (QED) is 0.751. The molecule has 0 unspecified atom stereocenters. The van der Waals surface area contributed by atoms with Crippen molar-refractivity contribution in [2.24, 2.45) is 0 Å². The SMILES string of the molecule is CCCCNCc1cncc(C(C)(F)F)c1.Cc1ccccc1. The maximum Gasteiger partial charge on any atom is 0.272 e. The molecule has 0 saturated carbocycles. The molecule has 0 radical (unpaired) electrons. The van der Waals surface area contributed by atoms with E-state index in [0.29, 0.717) is 6.54 Å². The standard InChI is InChI=1S/C12H18F2N2.C7H8/c1-3-4-5-15-7-10-6-11(9-16-8-10)12(2,13)14;1-7-5-3-2-4-6-7/h6,8-9,15H,3-5,7H2,1-2H3;2-6H,1H3. The number of hydrogen-bond donors (Lipinski definition) is 1. The van der Waals surface area contributed by atoms with Crippen LogP contribution >= 0.6 is 0 Å². The first-order valence-corrected chi connectivity index (χ1v) is 7.98. The van der Waals surface area contributed by atoms with E-state index in [1.165, 1.54) is 17.8 Å². The van der Waals surface area contributed by atoms with Gasteiger partial charge in [-0.15, -0.1) is 0 Å². The molecule has 0 spiro atoms. The molecule has 0 fully saturated rings. The highest BCUT2D eigenvalue weighted by Gasteiger charge is 2.24. The fraction of sp³-hybridized carbons (Fsp3) is 0.421. The molecule has 0 aliphatic carbocycles. The molecular weight excluding hydrogens is 294 g/mol. The van der Waals surface area contributed by atoms with E-state index in [0.717, 1.165) is 31.9 Å². The normalized spacial score (nSPS) is 10.8. The van der Waals surface area contributed by atoms with Crippen LogP contribution in [-0.4, -0.2) is 11.5 Å². The Morgan fingerprint density at radius 2 is 1.83 bits per heavy atom. The topological polar surface area (TPSA) is 24.9 Å². The summed E-state index contributed by atoms with van der Waals surface area (Å²) >= 11 is 0. The van der Waals surface area contributed by atoms with Gasteiger partial charge in [0.1, 0.15) is 0 Å².